The summed E-state index contributed by atoms with van der Waals surface area (Å²) in [5.74, 6) is -0.615. The Hall–Kier alpha value is -4.15. The molecule has 2 N–H and O–H groups in total. The number of piperidine rings is 1. The van der Waals surface area contributed by atoms with E-state index in [0.29, 0.717) is 43.3 Å². The van der Waals surface area contributed by atoms with E-state index < -0.39 is 15.8 Å². The Morgan fingerprint density at radius 2 is 1.74 bits per heavy atom. The quantitative estimate of drug-likeness (QED) is 0.288. The van der Waals surface area contributed by atoms with Crippen LogP contribution in [0.5, 0.6) is 0 Å². The molecular weight excluding hydrogens is 591 g/mol. The molecule has 43 heavy (non-hydrogen) atoms. The molecule has 3 heterocycles. The first-order valence-electron chi connectivity index (χ1n) is 14.1. The first-order chi connectivity index (χ1) is 20.7. The smallest absolute Gasteiger partial charge is 0.261 e. The number of pyridine rings is 1. The predicted molar refractivity (Wildman–Crippen MR) is 165 cm³/mol. The number of amides is 1. The largest absolute Gasteiger partial charge is 0.369 e. The second-order valence-electron chi connectivity index (χ2n) is 11.0. The van der Waals surface area contributed by atoms with Gasteiger partial charge in [0.2, 0.25) is 0 Å². The van der Waals surface area contributed by atoms with Gasteiger partial charge in [0.25, 0.3) is 21.5 Å². The van der Waals surface area contributed by atoms with Gasteiger partial charge in [-0.2, -0.15) is 0 Å². The summed E-state index contributed by atoms with van der Waals surface area (Å²) in [4.78, 5) is 27.7. The van der Waals surface area contributed by atoms with Gasteiger partial charge in [0.15, 0.2) is 0 Å². The van der Waals surface area contributed by atoms with Crippen LogP contribution in [0.1, 0.15) is 34.0 Å². The monoisotopic (exact) mass is 620 g/mol. The number of nitrogens with zero attached hydrogens (tertiary/aromatic N) is 2. The molecule has 2 aliphatic heterocycles. The van der Waals surface area contributed by atoms with Crippen LogP contribution in [-0.2, 0) is 23.0 Å². The molecule has 2 unspecified atom stereocenters. The van der Waals surface area contributed by atoms with Crippen LogP contribution in [0.3, 0.4) is 0 Å². The molecule has 2 aliphatic rings. The number of fused-ring (bicyclic) bond motifs is 4. The standard InChI is InChI=1S/C32H30ClFN4O4S/c33-27-5-2-1-4-22(27)14-15-35-32(40)23-8-13-30(28(17-23)36-43(41,42)26-11-9-25(34)10-12-26)37-18-21-16-24(20-37)29-6-3-7-31(39)38(29)19-21/h1-13,17,21,24,36H,14-16,18-20H2,(H,35,40). The summed E-state index contributed by atoms with van der Waals surface area (Å²) in [6.07, 6.45) is 1.47. The maximum atomic E-state index is 13.5. The molecule has 6 rings (SSSR count). The minimum Gasteiger partial charge on any atom is -0.369 e. The van der Waals surface area contributed by atoms with Crippen molar-refractivity contribution >= 4 is 38.9 Å². The Morgan fingerprint density at radius 1 is 0.953 bits per heavy atom. The van der Waals surface area contributed by atoms with Crippen molar-refractivity contribution in [1.82, 2.24) is 9.88 Å². The third-order valence-corrected chi connectivity index (χ3v) is 9.84. The highest BCUT2D eigenvalue weighted by atomic mass is 35.5. The van der Waals surface area contributed by atoms with Gasteiger partial charge in [-0.15, -0.1) is 0 Å². The van der Waals surface area contributed by atoms with Crippen molar-refractivity contribution in [2.75, 3.05) is 29.3 Å². The van der Waals surface area contributed by atoms with E-state index in [9.17, 15) is 22.4 Å². The van der Waals surface area contributed by atoms with Gasteiger partial charge in [0, 0.05) is 54.4 Å². The highest BCUT2D eigenvalue weighted by molar-refractivity contribution is 7.92. The third kappa shape index (κ3) is 6.16. The Kier molecular flexibility index (Phi) is 7.98. The van der Waals surface area contributed by atoms with E-state index in [2.05, 4.69) is 14.9 Å². The number of carbonyl (C=O) groups excluding carboxylic acids is 1. The highest BCUT2D eigenvalue weighted by Crippen LogP contribution is 2.39. The van der Waals surface area contributed by atoms with Crippen LogP contribution in [0, 0.1) is 11.7 Å². The topological polar surface area (TPSA) is 101 Å². The van der Waals surface area contributed by atoms with Crippen LogP contribution in [0.25, 0.3) is 0 Å². The molecule has 1 amide bonds. The zero-order valence-electron chi connectivity index (χ0n) is 23.2. The number of sulfonamides is 1. The lowest BCUT2D eigenvalue weighted by Gasteiger charge is -2.44. The SMILES string of the molecule is O=C(NCCc1ccccc1Cl)c1ccc(N2CC3CC(C2)c2cccc(=O)n2C3)c(NS(=O)(=O)c2ccc(F)cc2)c1. The minimum atomic E-state index is -4.10. The molecule has 0 aliphatic carbocycles. The molecule has 222 valence electrons. The van der Waals surface area contributed by atoms with Crippen LogP contribution in [0.2, 0.25) is 5.02 Å². The van der Waals surface area contributed by atoms with Crippen molar-refractivity contribution in [3.63, 3.8) is 0 Å². The van der Waals surface area contributed by atoms with Crippen molar-refractivity contribution in [1.29, 1.82) is 0 Å². The second kappa shape index (κ2) is 11.9. The molecule has 4 aromatic rings. The van der Waals surface area contributed by atoms with Crippen LogP contribution >= 0.6 is 11.6 Å². The summed E-state index contributed by atoms with van der Waals surface area (Å²) in [5, 5.41) is 3.51. The number of anilines is 2. The maximum absolute atomic E-state index is 13.5. The summed E-state index contributed by atoms with van der Waals surface area (Å²) >= 11 is 6.24. The maximum Gasteiger partial charge on any atom is 0.261 e. The van der Waals surface area contributed by atoms with E-state index in [1.165, 1.54) is 18.2 Å². The Morgan fingerprint density at radius 3 is 2.53 bits per heavy atom. The number of rotatable bonds is 8. The fraction of sp³-hybridized carbons (Fsp3) is 0.250. The number of halogens is 2. The zero-order chi connectivity index (χ0) is 30.1. The van der Waals surface area contributed by atoms with Gasteiger partial charge in [0.1, 0.15) is 5.82 Å². The van der Waals surface area contributed by atoms with E-state index in [-0.39, 0.29) is 39.4 Å². The van der Waals surface area contributed by atoms with E-state index >= 15 is 0 Å². The molecule has 11 heteroatoms. The number of hydrogen-bond donors (Lipinski definition) is 2. The fourth-order valence-corrected chi connectivity index (χ4v) is 7.35. The molecule has 1 fully saturated rings. The predicted octanol–water partition coefficient (Wildman–Crippen LogP) is 5.04. The highest BCUT2D eigenvalue weighted by Gasteiger charge is 2.35. The molecule has 1 aromatic heterocycles. The summed E-state index contributed by atoms with van der Waals surface area (Å²) in [6, 6.07) is 22.3. The molecule has 0 saturated carbocycles. The average molecular weight is 621 g/mol. The summed E-state index contributed by atoms with van der Waals surface area (Å²) in [5.41, 5.74) is 3.02. The van der Waals surface area contributed by atoms with E-state index in [1.54, 1.807) is 30.3 Å². The number of benzene rings is 3. The van der Waals surface area contributed by atoms with Gasteiger partial charge in [-0.1, -0.05) is 35.9 Å². The lowest BCUT2D eigenvalue weighted by Crippen LogP contribution is -2.47. The number of aromatic nitrogens is 1. The molecule has 8 nitrogen and oxygen atoms in total. The second-order valence-corrected chi connectivity index (χ2v) is 13.1. The molecule has 0 radical (unpaired) electrons. The van der Waals surface area contributed by atoms with Crippen LogP contribution in [0.15, 0.2) is 94.6 Å². The Bertz CT molecular complexity index is 1850. The molecule has 2 atom stereocenters. The van der Waals surface area contributed by atoms with Crippen molar-refractivity contribution in [2.45, 2.75) is 30.2 Å². The number of nitrogens with one attached hydrogen (secondary N) is 2. The van der Waals surface area contributed by atoms with Crippen molar-refractivity contribution in [3.8, 4) is 0 Å². The van der Waals surface area contributed by atoms with Crippen LogP contribution < -0.4 is 20.5 Å². The third-order valence-electron chi connectivity index (χ3n) is 8.09. The van der Waals surface area contributed by atoms with Gasteiger partial charge in [-0.3, -0.25) is 14.3 Å². The van der Waals surface area contributed by atoms with Gasteiger partial charge < -0.3 is 14.8 Å². The summed E-state index contributed by atoms with van der Waals surface area (Å²) in [7, 11) is -4.10. The normalized spacial score (nSPS) is 17.7. The van der Waals surface area contributed by atoms with Crippen LogP contribution in [0.4, 0.5) is 15.8 Å². The molecule has 0 spiro atoms. The summed E-state index contributed by atoms with van der Waals surface area (Å²) < 4.78 is 44.8. The van der Waals surface area contributed by atoms with Gasteiger partial charge >= 0.3 is 0 Å². The molecule has 2 bridgehead atoms. The first kappa shape index (κ1) is 28.9. The van der Waals surface area contributed by atoms with Crippen molar-refractivity contribution < 1.29 is 17.6 Å². The molecule has 3 aromatic carbocycles. The molecular formula is C32H30ClFN4O4S. The van der Waals surface area contributed by atoms with E-state index in [1.807, 2.05) is 28.8 Å². The fourth-order valence-electron chi connectivity index (χ4n) is 6.06. The Balaban J connectivity index is 1.29. The van der Waals surface area contributed by atoms with Gasteiger partial charge in [-0.25, -0.2) is 12.8 Å². The zero-order valence-corrected chi connectivity index (χ0v) is 24.7. The lowest BCUT2D eigenvalue weighted by atomic mass is 9.83. The summed E-state index contributed by atoms with van der Waals surface area (Å²) in [6.45, 7) is 2.13. The lowest BCUT2D eigenvalue weighted by molar-refractivity contribution is 0.0954. The van der Waals surface area contributed by atoms with E-state index in [4.69, 9.17) is 11.6 Å². The first-order valence-corrected chi connectivity index (χ1v) is 15.9. The van der Waals surface area contributed by atoms with Crippen molar-refractivity contribution in [3.05, 3.63) is 123 Å². The minimum absolute atomic E-state index is 0.0155. The number of carbonyl (C=O) groups is 1. The van der Waals surface area contributed by atoms with Crippen LogP contribution in [-0.4, -0.2) is 38.5 Å². The average Bonchev–Trinajstić information content (AvgIpc) is 2.98. The Labute approximate surface area is 254 Å². The van der Waals surface area contributed by atoms with Gasteiger partial charge in [0.05, 0.1) is 16.3 Å². The van der Waals surface area contributed by atoms with Crippen molar-refractivity contribution in [2.24, 2.45) is 5.92 Å². The molecule has 1 saturated heterocycles. The van der Waals surface area contributed by atoms with E-state index in [0.717, 1.165) is 29.8 Å². The number of hydrogen-bond acceptors (Lipinski definition) is 5. The van der Waals surface area contributed by atoms with Gasteiger partial charge in [-0.05, 0) is 78.9 Å².